The molecule has 0 saturated carbocycles. The topological polar surface area (TPSA) is 58.6 Å². The van der Waals surface area contributed by atoms with E-state index in [1.165, 1.54) is 0 Å². The van der Waals surface area contributed by atoms with Crippen LogP contribution in [0.25, 0.3) is 10.8 Å². The van der Waals surface area contributed by atoms with Crippen LogP contribution in [0.2, 0.25) is 0 Å². The molecule has 0 heterocycles. The van der Waals surface area contributed by atoms with Crippen LogP contribution >= 0.6 is 0 Å². The Kier molecular flexibility index (Phi) is 4.49. The maximum atomic E-state index is 12.7. The van der Waals surface area contributed by atoms with Gasteiger partial charge in [-0.25, -0.2) is 0 Å². The molecule has 1 amide bonds. The molecule has 24 heavy (non-hydrogen) atoms. The Labute approximate surface area is 140 Å². The van der Waals surface area contributed by atoms with E-state index in [2.05, 4.69) is 5.32 Å². The summed E-state index contributed by atoms with van der Waals surface area (Å²) in [5.41, 5.74) is 1.85. The summed E-state index contributed by atoms with van der Waals surface area (Å²) < 4.78 is 5.48. The van der Waals surface area contributed by atoms with E-state index in [0.717, 1.165) is 16.3 Å². The Hall–Kier alpha value is -2.85. The third kappa shape index (κ3) is 3.09. The monoisotopic (exact) mass is 321 g/mol. The SMILES string of the molecule is COc1c(C(=O)Nc2cccc([C@@H](C)O)c2)ccc2ccccc12. The van der Waals surface area contributed by atoms with Crippen molar-refractivity contribution in [2.24, 2.45) is 0 Å². The van der Waals surface area contributed by atoms with Gasteiger partial charge in [0.1, 0.15) is 5.75 Å². The normalized spacial score (nSPS) is 12.0. The van der Waals surface area contributed by atoms with Crippen molar-refractivity contribution in [1.82, 2.24) is 0 Å². The van der Waals surface area contributed by atoms with Crippen molar-refractivity contribution in [1.29, 1.82) is 0 Å². The molecule has 3 aromatic rings. The lowest BCUT2D eigenvalue weighted by atomic mass is 10.0. The van der Waals surface area contributed by atoms with Gasteiger partial charge in [0.25, 0.3) is 5.91 Å². The predicted octanol–water partition coefficient (Wildman–Crippen LogP) is 4.15. The summed E-state index contributed by atoms with van der Waals surface area (Å²) >= 11 is 0. The number of aliphatic hydroxyl groups excluding tert-OH is 1. The van der Waals surface area contributed by atoms with Crippen LogP contribution in [0.15, 0.2) is 60.7 Å². The minimum atomic E-state index is -0.586. The van der Waals surface area contributed by atoms with Gasteiger partial charge in [0, 0.05) is 11.1 Å². The quantitative estimate of drug-likeness (QED) is 0.759. The molecule has 2 N–H and O–H groups in total. The molecule has 0 fully saturated rings. The molecule has 3 aromatic carbocycles. The Morgan fingerprint density at radius 2 is 1.88 bits per heavy atom. The van der Waals surface area contributed by atoms with Gasteiger partial charge in [-0.2, -0.15) is 0 Å². The Balaban J connectivity index is 1.95. The van der Waals surface area contributed by atoms with Crippen molar-refractivity contribution in [3.63, 3.8) is 0 Å². The molecule has 1 atom stereocenters. The predicted molar refractivity (Wildman–Crippen MR) is 95.5 cm³/mol. The minimum absolute atomic E-state index is 0.250. The maximum Gasteiger partial charge on any atom is 0.259 e. The molecule has 0 aliphatic carbocycles. The number of carbonyl (C=O) groups excluding carboxylic acids is 1. The molecule has 3 rings (SSSR count). The van der Waals surface area contributed by atoms with E-state index >= 15 is 0 Å². The highest BCUT2D eigenvalue weighted by atomic mass is 16.5. The van der Waals surface area contributed by atoms with Crippen molar-refractivity contribution >= 4 is 22.4 Å². The number of hydrogen-bond donors (Lipinski definition) is 2. The molecule has 0 aliphatic rings. The minimum Gasteiger partial charge on any atom is -0.495 e. The Morgan fingerprint density at radius 3 is 2.62 bits per heavy atom. The standard InChI is InChI=1S/C20H19NO3/c1-13(22)15-7-5-8-16(12-15)21-20(23)18-11-10-14-6-3-4-9-17(14)19(18)24-2/h3-13,22H,1-2H3,(H,21,23)/t13-/m1/s1. The first kappa shape index (κ1) is 16.0. The van der Waals surface area contributed by atoms with Gasteiger partial charge in [0.2, 0.25) is 0 Å². The number of carbonyl (C=O) groups is 1. The number of ether oxygens (including phenoxy) is 1. The van der Waals surface area contributed by atoms with Gasteiger partial charge >= 0.3 is 0 Å². The van der Waals surface area contributed by atoms with Crippen molar-refractivity contribution < 1.29 is 14.6 Å². The lowest BCUT2D eigenvalue weighted by Gasteiger charge is -2.13. The molecule has 0 bridgehead atoms. The molecule has 0 aliphatic heterocycles. The van der Waals surface area contributed by atoms with E-state index in [-0.39, 0.29) is 5.91 Å². The highest BCUT2D eigenvalue weighted by Crippen LogP contribution is 2.30. The van der Waals surface area contributed by atoms with Crippen LogP contribution in [0.1, 0.15) is 28.9 Å². The highest BCUT2D eigenvalue weighted by molar-refractivity contribution is 6.10. The zero-order valence-electron chi connectivity index (χ0n) is 13.6. The molecule has 0 radical (unpaired) electrons. The summed E-state index contributed by atoms with van der Waals surface area (Å²) in [6.07, 6.45) is -0.586. The zero-order valence-corrected chi connectivity index (χ0v) is 13.6. The van der Waals surface area contributed by atoms with Crippen LogP contribution in [0.3, 0.4) is 0 Å². The van der Waals surface area contributed by atoms with Gasteiger partial charge in [-0.05, 0) is 36.1 Å². The molecular formula is C20H19NO3. The first-order valence-electron chi connectivity index (χ1n) is 7.75. The molecule has 0 aromatic heterocycles. The first-order valence-corrected chi connectivity index (χ1v) is 7.75. The largest absolute Gasteiger partial charge is 0.495 e. The molecule has 122 valence electrons. The lowest BCUT2D eigenvalue weighted by molar-refractivity contribution is 0.102. The van der Waals surface area contributed by atoms with Crippen LogP contribution in [-0.4, -0.2) is 18.1 Å². The number of aliphatic hydroxyl groups is 1. The fraction of sp³-hybridized carbons (Fsp3) is 0.150. The van der Waals surface area contributed by atoms with Crippen LogP contribution in [0.4, 0.5) is 5.69 Å². The number of rotatable bonds is 4. The summed E-state index contributed by atoms with van der Waals surface area (Å²) in [6, 6.07) is 18.6. The van der Waals surface area contributed by atoms with Crippen molar-refractivity contribution in [2.45, 2.75) is 13.0 Å². The van der Waals surface area contributed by atoms with E-state index in [4.69, 9.17) is 4.74 Å². The molecule has 4 heteroatoms. The van der Waals surface area contributed by atoms with E-state index in [1.807, 2.05) is 36.4 Å². The van der Waals surface area contributed by atoms with Crippen LogP contribution in [0.5, 0.6) is 5.75 Å². The molecule has 0 spiro atoms. The average Bonchev–Trinajstić information content (AvgIpc) is 2.60. The number of fused-ring (bicyclic) bond motifs is 1. The molecular weight excluding hydrogens is 302 g/mol. The third-order valence-electron chi connectivity index (χ3n) is 3.96. The second-order valence-electron chi connectivity index (χ2n) is 5.62. The van der Waals surface area contributed by atoms with Crippen LogP contribution in [0, 0.1) is 0 Å². The number of methoxy groups -OCH3 is 1. The van der Waals surface area contributed by atoms with Gasteiger partial charge in [-0.3, -0.25) is 4.79 Å². The Morgan fingerprint density at radius 1 is 1.08 bits per heavy atom. The number of nitrogens with one attached hydrogen (secondary N) is 1. The molecule has 0 saturated heterocycles. The highest BCUT2D eigenvalue weighted by Gasteiger charge is 2.15. The zero-order chi connectivity index (χ0) is 17.1. The second-order valence-corrected chi connectivity index (χ2v) is 5.62. The summed E-state index contributed by atoms with van der Waals surface area (Å²) in [4.78, 5) is 12.7. The molecule has 4 nitrogen and oxygen atoms in total. The maximum absolute atomic E-state index is 12.7. The Bertz CT molecular complexity index is 887. The summed E-state index contributed by atoms with van der Waals surface area (Å²) in [5.74, 6) is 0.303. The summed E-state index contributed by atoms with van der Waals surface area (Å²) in [6.45, 7) is 1.69. The fourth-order valence-corrected chi connectivity index (χ4v) is 2.72. The van der Waals surface area contributed by atoms with Crippen molar-refractivity contribution in [3.05, 3.63) is 71.8 Å². The number of anilines is 1. The number of hydrogen-bond acceptors (Lipinski definition) is 3. The first-order chi connectivity index (χ1) is 11.6. The van der Waals surface area contributed by atoms with Crippen molar-refractivity contribution in [3.8, 4) is 5.75 Å². The number of amides is 1. The van der Waals surface area contributed by atoms with E-state index in [9.17, 15) is 9.90 Å². The van der Waals surface area contributed by atoms with Crippen LogP contribution in [-0.2, 0) is 0 Å². The summed E-state index contributed by atoms with van der Waals surface area (Å²) in [7, 11) is 1.56. The van der Waals surface area contributed by atoms with Crippen LogP contribution < -0.4 is 10.1 Å². The van der Waals surface area contributed by atoms with Gasteiger partial charge in [-0.1, -0.05) is 42.5 Å². The van der Waals surface area contributed by atoms with E-state index in [0.29, 0.717) is 17.0 Å². The van der Waals surface area contributed by atoms with E-state index in [1.54, 1.807) is 38.3 Å². The van der Waals surface area contributed by atoms with Crippen molar-refractivity contribution in [2.75, 3.05) is 12.4 Å². The fourth-order valence-electron chi connectivity index (χ4n) is 2.72. The van der Waals surface area contributed by atoms with E-state index < -0.39 is 6.10 Å². The van der Waals surface area contributed by atoms with Gasteiger partial charge in [-0.15, -0.1) is 0 Å². The average molecular weight is 321 g/mol. The molecule has 0 unspecified atom stereocenters. The second kappa shape index (κ2) is 6.72. The van der Waals surface area contributed by atoms with Gasteiger partial charge in [0.15, 0.2) is 0 Å². The summed E-state index contributed by atoms with van der Waals surface area (Å²) in [5, 5.41) is 14.4. The third-order valence-corrected chi connectivity index (χ3v) is 3.96. The lowest BCUT2D eigenvalue weighted by Crippen LogP contribution is -2.13. The van der Waals surface area contributed by atoms with Gasteiger partial charge < -0.3 is 15.2 Å². The number of benzene rings is 3. The smallest absolute Gasteiger partial charge is 0.259 e. The van der Waals surface area contributed by atoms with Gasteiger partial charge in [0.05, 0.1) is 18.8 Å².